The largest absolute Gasteiger partial charge is 0.407 e. The van der Waals surface area contributed by atoms with Gasteiger partial charge in [0, 0.05) is 19.6 Å². The summed E-state index contributed by atoms with van der Waals surface area (Å²) < 4.78 is 5.49. The highest BCUT2D eigenvalue weighted by Crippen LogP contribution is 2.11. The molecular weight excluding hydrogens is 220 g/mol. The van der Waals surface area contributed by atoms with Crippen molar-refractivity contribution < 1.29 is 9.52 Å². The van der Waals surface area contributed by atoms with Crippen molar-refractivity contribution in [2.45, 2.75) is 45.9 Å². The second kappa shape index (κ2) is 6.56. The van der Waals surface area contributed by atoms with E-state index < -0.39 is 0 Å². The van der Waals surface area contributed by atoms with Gasteiger partial charge in [0.15, 0.2) is 0 Å². The molecule has 6 nitrogen and oxygen atoms in total. The molecule has 2 N–H and O–H groups in total. The van der Waals surface area contributed by atoms with Gasteiger partial charge in [0.05, 0.1) is 12.6 Å². The molecule has 0 aliphatic rings. The third kappa shape index (κ3) is 5.14. The van der Waals surface area contributed by atoms with Crippen molar-refractivity contribution in [1.82, 2.24) is 15.5 Å². The fraction of sp³-hybridized carbons (Fsp3) is 0.818. The molecule has 98 valence electrons. The van der Waals surface area contributed by atoms with Gasteiger partial charge in [0.1, 0.15) is 0 Å². The molecule has 0 fully saturated rings. The van der Waals surface area contributed by atoms with Gasteiger partial charge in [-0.2, -0.15) is 0 Å². The Morgan fingerprint density at radius 2 is 2.06 bits per heavy atom. The van der Waals surface area contributed by atoms with Crippen LogP contribution in [0.25, 0.3) is 0 Å². The average molecular weight is 242 g/mol. The van der Waals surface area contributed by atoms with Crippen LogP contribution < -0.4 is 10.2 Å². The van der Waals surface area contributed by atoms with Crippen LogP contribution in [0.4, 0.5) is 6.01 Å². The van der Waals surface area contributed by atoms with Gasteiger partial charge in [-0.3, -0.25) is 0 Å². The molecule has 0 saturated heterocycles. The quantitative estimate of drug-likeness (QED) is 0.736. The van der Waals surface area contributed by atoms with Crippen LogP contribution in [0.3, 0.4) is 0 Å². The maximum Gasteiger partial charge on any atom is 0.317 e. The zero-order valence-corrected chi connectivity index (χ0v) is 11.0. The lowest BCUT2D eigenvalue weighted by Crippen LogP contribution is -2.22. The Labute approximate surface area is 102 Å². The average Bonchev–Trinajstić information content (AvgIpc) is 2.71. The maximum atomic E-state index is 9.20. The van der Waals surface area contributed by atoms with Gasteiger partial charge in [0.2, 0.25) is 5.89 Å². The van der Waals surface area contributed by atoms with Gasteiger partial charge in [-0.1, -0.05) is 18.9 Å². The van der Waals surface area contributed by atoms with Crippen LogP contribution >= 0.6 is 0 Å². The summed E-state index contributed by atoms with van der Waals surface area (Å²) in [5.74, 6) is 0.581. The lowest BCUT2D eigenvalue weighted by Gasteiger charge is -2.14. The molecular formula is C11H22N4O2. The van der Waals surface area contributed by atoms with Gasteiger partial charge in [-0.25, -0.2) is 0 Å². The molecule has 0 bridgehead atoms. The smallest absolute Gasteiger partial charge is 0.317 e. The van der Waals surface area contributed by atoms with Gasteiger partial charge in [-0.15, -0.1) is 5.10 Å². The highest BCUT2D eigenvalue weighted by atomic mass is 16.4. The molecule has 1 aromatic rings. The number of nitrogens with zero attached hydrogens (tertiary/aromatic N) is 3. The molecule has 0 aliphatic carbocycles. The number of aliphatic hydroxyl groups excluding tert-OH is 1. The molecule has 6 heteroatoms. The van der Waals surface area contributed by atoms with E-state index in [9.17, 15) is 5.11 Å². The van der Waals surface area contributed by atoms with Crippen molar-refractivity contribution in [2.75, 3.05) is 18.5 Å². The van der Waals surface area contributed by atoms with E-state index in [-0.39, 0.29) is 6.10 Å². The third-order valence-corrected chi connectivity index (χ3v) is 2.33. The Morgan fingerprint density at radius 1 is 1.35 bits per heavy atom. The SMILES string of the molecule is CC(O)CCN(C)c1nnc(CNC(C)C)o1. The zero-order chi connectivity index (χ0) is 12.8. The van der Waals surface area contributed by atoms with Crippen molar-refractivity contribution in [3.05, 3.63) is 5.89 Å². The minimum absolute atomic E-state index is 0.317. The Bertz CT molecular complexity index is 325. The lowest BCUT2D eigenvalue weighted by atomic mass is 10.3. The van der Waals surface area contributed by atoms with E-state index in [1.807, 2.05) is 11.9 Å². The molecule has 17 heavy (non-hydrogen) atoms. The first-order valence-electron chi connectivity index (χ1n) is 5.94. The molecule has 0 aliphatic heterocycles. The van der Waals surface area contributed by atoms with Crippen LogP contribution in [0.2, 0.25) is 0 Å². The third-order valence-electron chi connectivity index (χ3n) is 2.33. The number of aliphatic hydroxyl groups is 1. The molecule has 0 saturated carbocycles. The minimum Gasteiger partial charge on any atom is -0.407 e. The van der Waals surface area contributed by atoms with E-state index in [2.05, 4.69) is 29.4 Å². The first kappa shape index (κ1) is 13.9. The summed E-state index contributed by atoms with van der Waals surface area (Å²) in [7, 11) is 1.87. The fourth-order valence-electron chi connectivity index (χ4n) is 1.24. The van der Waals surface area contributed by atoms with Crippen LogP contribution in [0.5, 0.6) is 0 Å². The summed E-state index contributed by atoms with van der Waals surface area (Å²) in [4.78, 5) is 1.85. The summed E-state index contributed by atoms with van der Waals surface area (Å²) in [6.07, 6.45) is 0.362. The molecule has 1 heterocycles. The zero-order valence-electron chi connectivity index (χ0n) is 11.0. The van der Waals surface area contributed by atoms with E-state index in [1.165, 1.54) is 0 Å². The van der Waals surface area contributed by atoms with Gasteiger partial charge in [-0.05, 0) is 13.3 Å². The molecule has 1 rings (SSSR count). The van der Waals surface area contributed by atoms with Crippen LogP contribution in [0, 0.1) is 0 Å². The molecule has 0 amide bonds. The van der Waals surface area contributed by atoms with E-state index in [1.54, 1.807) is 6.92 Å². The molecule has 1 aromatic heterocycles. The predicted octanol–water partition coefficient (Wildman–Crippen LogP) is 0.775. The van der Waals surface area contributed by atoms with E-state index in [4.69, 9.17) is 4.42 Å². The highest BCUT2D eigenvalue weighted by Gasteiger charge is 2.11. The molecule has 0 radical (unpaired) electrons. The Hall–Kier alpha value is -1.14. The number of hydrogen-bond donors (Lipinski definition) is 2. The second-order valence-electron chi connectivity index (χ2n) is 4.57. The topological polar surface area (TPSA) is 74.4 Å². The maximum absolute atomic E-state index is 9.20. The fourth-order valence-corrected chi connectivity index (χ4v) is 1.24. The lowest BCUT2D eigenvalue weighted by molar-refractivity contribution is 0.186. The number of nitrogens with one attached hydrogen (secondary N) is 1. The van der Waals surface area contributed by atoms with Crippen molar-refractivity contribution >= 4 is 6.01 Å². The Morgan fingerprint density at radius 3 is 2.65 bits per heavy atom. The molecule has 0 spiro atoms. The number of anilines is 1. The molecule has 1 unspecified atom stereocenters. The first-order valence-corrected chi connectivity index (χ1v) is 5.94. The van der Waals surface area contributed by atoms with E-state index in [0.717, 1.165) is 0 Å². The standard InChI is InChI=1S/C11H22N4O2/c1-8(2)12-7-10-13-14-11(17-10)15(4)6-5-9(3)16/h8-9,12,16H,5-7H2,1-4H3. The van der Waals surface area contributed by atoms with Crippen molar-refractivity contribution in [1.29, 1.82) is 0 Å². The van der Waals surface area contributed by atoms with Crippen molar-refractivity contribution in [3.8, 4) is 0 Å². The molecule has 0 aromatic carbocycles. The van der Waals surface area contributed by atoms with Gasteiger partial charge in [0.25, 0.3) is 0 Å². The van der Waals surface area contributed by atoms with E-state index >= 15 is 0 Å². The van der Waals surface area contributed by atoms with E-state index in [0.29, 0.717) is 37.5 Å². The summed E-state index contributed by atoms with van der Waals surface area (Å²) in [5.41, 5.74) is 0. The first-order chi connectivity index (χ1) is 7.99. The molecule has 1 atom stereocenters. The second-order valence-corrected chi connectivity index (χ2v) is 4.57. The number of rotatable bonds is 7. The Balaban J connectivity index is 2.43. The van der Waals surface area contributed by atoms with Crippen molar-refractivity contribution in [2.24, 2.45) is 0 Å². The van der Waals surface area contributed by atoms with Crippen LogP contribution in [-0.4, -0.2) is 41.0 Å². The van der Waals surface area contributed by atoms with Gasteiger partial charge >= 0.3 is 6.01 Å². The summed E-state index contributed by atoms with van der Waals surface area (Å²) in [6.45, 7) is 7.16. The van der Waals surface area contributed by atoms with Gasteiger partial charge < -0.3 is 19.7 Å². The predicted molar refractivity (Wildman–Crippen MR) is 65.8 cm³/mol. The van der Waals surface area contributed by atoms with Crippen molar-refractivity contribution in [3.63, 3.8) is 0 Å². The highest BCUT2D eigenvalue weighted by molar-refractivity contribution is 5.21. The Kier molecular flexibility index (Phi) is 5.37. The van der Waals surface area contributed by atoms with Crippen LogP contribution in [-0.2, 0) is 6.54 Å². The summed E-state index contributed by atoms with van der Waals surface area (Å²) in [5, 5.41) is 20.3. The monoisotopic (exact) mass is 242 g/mol. The summed E-state index contributed by atoms with van der Waals surface area (Å²) >= 11 is 0. The van der Waals surface area contributed by atoms with Crippen LogP contribution in [0.15, 0.2) is 4.42 Å². The normalized spacial score (nSPS) is 13.1. The minimum atomic E-state index is -0.317. The number of aromatic nitrogens is 2. The summed E-state index contributed by atoms with van der Waals surface area (Å²) in [6, 6.07) is 0.879. The van der Waals surface area contributed by atoms with Crippen LogP contribution in [0.1, 0.15) is 33.1 Å². The number of hydrogen-bond acceptors (Lipinski definition) is 6.